The van der Waals surface area contributed by atoms with Gasteiger partial charge in [-0.05, 0) is 100 Å². The molecule has 4 saturated carbocycles. The van der Waals surface area contributed by atoms with Crippen LogP contribution in [0.1, 0.15) is 78.6 Å². The highest BCUT2D eigenvalue weighted by Gasteiger charge is 2.54. The molecule has 7 heteroatoms. The smallest absolute Gasteiger partial charge is 0.254 e. The predicted octanol–water partition coefficient (Wildman–Crippen LogP) is 4.23. The molecule has 7 rings (SSSR count). The van der Waals surface area contributed by atoms with Gasteiger partial charge in [-0.2, -0.15) is 0 Å². The number of carbonyl (C=O) groups is 2. The number of thiophene rings is 1. The van der Waals surface area contributed by atoms with Crippen molar-refractivity contribution >= 4 is 28.2 Å². The molecule has 6 nitrogen and oxygen atoms in total. The van der Waals surface area contributed by atoms with Crippen LogP contribution in [-0.2, 0) is 22.4 Å². The first-order valence-electron chi connectivity index (χ1n) is 13.6. The van der Waals surface area contributed by atoms with E-state index in [4.69, 9.17) is 4.74 Å². The van der Waals surface area contributed by atoms with Gasteiger partial charge in [-0.3, -0.25) is 14.5 Å². The molecule has 0 unspecified atom stereocenters. The molecule has 2 amide bonds. The topological polar surface area (TPSA) is 70.7 Å². The number of hydrogen-bond donors (Lipinski definition) is 2. The fourth-order valence-corrected chi connectivity index (χ4v) is 9.22. The van der Waals surface area contributed by atoms with Gasteiger partial charge < -0.3 is 15.4 Å². The highest BCUT2D eigenvalue weighted by atomic mass is 32.1. The van der Waals surface area contributed by atoms with Crippen molar-refractivity contribution in [3.8, 4) is 0 Å². The first kappa shape index (κ1) is 23.0. The molecule has 4 bridgehead atoms. The molecule has 0 aromatic carbocycles. The van der Waals surface area contributed by atoms with Crippen molar-refractivity contribution in [3.05, 3.63) is 16.0 Å². The van der Waals surface area contributed by atoms with Crippen LogP contribution in [0.3, 0.4) is 0 Å². The Hall–Kier alpha value is -1.44. The van der Waals surface area contributed by atoms with Gasteiger partial charge in [0.1, 0.15) is 5.00 Å². The number of morpholine rings is 1. The van der Waals surface area contributed by atoms with Gasteiger partial charge in [-0.25, -0.2) is 0 Å². The second kappa shape index (κ2) is 9.55. The van der Waals surface area contributed by atoms with E-state index in [0.717, 1.165) is 106 Å². The van der Waals surface area contributed by atoms with Crippen LogP contribution in [0.2, 0.25) is 0 Å². The van der Waals surface area contributed by atoms with Crippen LogP contribution >= 0.6 is 11.3 Å². The van der Waals surface area contributed by atoms with E-state index < -0.39 is 0 Å². The minimum absolute atomic E-state index is 0.00203. The molecule has 5 fully saturated rings. The highest BCUT2D eigenvalue weighted by Crippen LogP contribution is 2.60. The lowest BCUT2D eigenvalue weighted by Gasteiger charge is -2.55. The Kier molecular flexibility index (Phi) is 6.46. The summed E-state index contributed by atoms with van der Waals surface area (Å²) >= 11 is 1.67. The second-order valence-electron chi connectivity index (χ2n) is 11.6. The third kappa shape index (κ3) is 4.44. The summed E-state index contributed by atoms with van der Waals surface area (Å²) in [4.78, 5) is 30.8. The lowest BCUT2D eigenvalue weighted by atomic mass is 9.49. The van der Waals surface area contributed by atoms with Crippen molar-refractivity contribution in [1.29, 1.82) is 0 Å². The minimum Gasteiger partial charge on any atom is -0.379 e. The summed E-state index contributed by atoms with van der Waals surface area (Å²) in [5, 5.41) is 7.34. The molecule has 2 heterocycles. The van der Waals surface area contributed by atoms with E-state index in [1.54, 1.807) is 11.3 Å². The van der Waals surface area contributed by atoms with Crippen molar-refractivity contribution in [3.63, 3.8) is 0 Å². The Morgan fingerprint density at radius 2 is 1.68 bits per heavy atom. The predicted molar refractivity (Wildman–Crippen MR) is 134 cm³/mol. The van der Waals surface area contributed by atoms with E-state index in [1.165, 1.54) is 36.1 Å². The van der Waals surface area contributed by atoms with E-state index in [2.05, 4.69) is 15.5 Å². The Labute approximate surface area is 207 Å². The molecule has 186 valence electrons. The molecule has 1 aliphatic heterocycles. The third-order valence-corrected chi connectivity index (χ3v) is 10.4. The fourth-order valence-electron chi connectivity index (χ4n) is 7.94. The van der Waals surface area contributed by atoms with Gasteiger partial charge in [0, 0.05) is 24.5 Å². The van der Waals surface area contributed by atoms with Crippen LogP contribution in [0.25, 0.3) is 0 Å². The molecule has 2 N–H and O–H groups in total. The zero-order chi connectivity index (χ0) is 23.1. The number of anilines is 1. The SMILES string of the molecule is O=C(NCCCN1CCOCC1)c1c(NC(=O)C23CC4CC(CC(C4)C2)C3)sc2c1CCCC2. The number of carbonyl (C=O) groups excluding carboxylic acids is 2. The highest BCUT2D eigenvalue weighted by molar-refractivity contribution is 7.17. The molecule has 1 aromatic heterocycles. The van der Waals surface area contributed by atoms with Gasteiger partial charge in [-0.15, -0.1) is 11.3 Å². The Morgan fingerprint density at radius 1 is 1.00 bits per heavy atom. The van der Waals surface area contributed by atoms with Gasteiger partial charge in [0.2, 0.25) is 5.91 Å². The van der Waals surface area contributed by atoms with Gasteiger partial charge >= 0.3 is 0 Å². The summed E-state index contributed by atoms with van der Waals surface area (Å²) in [6.07, 6.45) is 12.4. The number of aryl methyl sites for hydroxylation is 1. The molecular weight excluding hydrogens is 446 g/mol. The Bertz CT molecular complexity index is 901. The largest absolute Gasteiger partial charge is 0.379 e. The number of ether oxygens (including phenoxy) is 1. The van der Waals surface area contributed by atoms with Crippen LogP contribution in [0.5, 0.6) is 0 Å². The van der Waals surface area contributed by atoms with Crippen molar-refractivity contribution in [2.75, 3.05) is 44.7 Å². The molecule has 1 aromatic rings. The Morgan fingerprint density at radius 3 is 2.38 bits per heavy atom. The third-order valence-electron chi connectivity index (χ3n) is 9.19. The average molecular weight is 486 g/mol. The maximum atomic E-state index is 13.7. The van der Waals surface area contributed by atoms with E-state index >= 15 is 0 Å². The van der Waals surface area contributed by atoms with Crippen LogP contribution < -0.4 is 10.6 Å². The first-order chi connectivity index (χ1) is 16.6. The standard InChI is InChI=1S/C27H39N3O3S/c31-24(28-6-3-7-30-8-10-33-11-9-30)23-21-4-1-2-5-22(21)34-25(23)29-26(32)27-15-18-12-19(16-27)14-20(13-18)17-27/h18-20H,1-17H2,(H,28,31)(H,29,32). The number of rotatable bonds is 7. The van der Waals surface area contributed by atoms with Crippen molar-refractivity contribution < 1.29 is 14.3 Å². The number of hydrogen-bond acceptors (Lipinski definition) is 5. The number of fused-ring (bicyclic) bond motifs is 1. The average Bonchev–Trinajstić information content (AvgIpc) is 3.19. The molecule has 34 heavy (non-hydrogen) atoms. The van der Waals surface area contributed by atoms with Crippen molar-refractivity contribution in [1.82, 2.24) is 10.2 Å². The first-order valence-corrected chi connectivity index (χ1v) is 14.5. The maximum absolute atomic E-state index is 13.7. The quantitative estimate of drug-likeness (QED) is 0.567. The van der Waals surface area contributed by atoms with Crippen molar-refractivity contribution in [2.45, 2.75) is 70.6 Å². The summed E-state index contributed by atoms with van der Waals surface area (Å²) in [6, 6.07) is 0. The summed E-state index contributed by atoms with van der Waals surface area (Å²) in [6.45, 7) is 5.23. The summed E-state index contributed by atoms with van der Waals surface area (Å²) in [7, 11) is 0. The summed E-state index contributed by atoms with van der Waals surface area (Å²) < 4.78 is 5.42. The molecular formula is C27H39N3O3S. The molecule has 1 saturated heterocycles. The van der Waals surface area contributed by atoms with E-state index in [0.29, 0.717) is 6.54 Å². The van der Waals surface area contributed by atoms with Crippen LogP contribution in [0.15, 0.2) is 0 Å². The molecule has 6 aliphatic rings. The van der Waals surface area contributed by atoms with E-state index in [9.17, 15) is 9.59 Å². The minimum atomic E-state index is -0.189. The zero-order valence-corrected chi connectivity index (χ0v) is 21.1. The fraction of sp³-hybridized carbons (Fsp3) is 0.778. The molecule has 0 atom stereocenters. The lowest BCUT2D eigenvalue weighted by molar-refractivity contribution is -0.140. The number of nitrogens with one attached hydrogen (secondary N) is 2. The Balaban J connectivity index is 1.14. The van der Waals surface area contributed by atoms with E-state index in [-0.39, 0.29) is 17.2 Å². The molecule has 0 spiro atoms. The normalized spacial score (nSPS) is 32.4. The number of nitrogens with zero attached hydrogens (tertiary/aromatic N) is 1. The summed E-state index contributed by atoms with van der Waals surface area (Å²) in [5.41, 5.74) is 1.78. The molecule has 0 radical (unpaired) electrons. The van der Waals surface area contributed by atoms with Crippen molar-refractivity contribution in [2.24, 2.45) is 23.2 Å². The van der Waals surface area contributed by atoms with Gasteiger partial charge in [0.15, 0.2) is 0 Å². The number of amides is 2. The van der Waals surface area contributed by atoms with Gasteiger partial charge in [0.25, 0.3) is 5.91 Å². The molecule has 5 aliphatic carbocycles. The maximum Gasteiger partial charge on any atom is 0.254 e. The van der Waals surface area contributed by atoms with Gasteiger partial charge in [-0.1, -0.05) is 0 Å². The summed E-state index contributed by atoms with van der Waals surface area (Å²) in [5.74, 6) is 2.42. The van der Waals surface area contributed by atoms with Crippen LogP contribution in [0.4, 0.5) is 5.00 Å². The monoisotopic (exact) mass is 485 g/mol. The van der Waals surface area contributed by atoms with Gasteiger partial charge in [0.05, 0.1) is 24.2 Å². The van der Waals surface area contributed by atoms with Crippen LogP contribution in [-0.4, -0.2) is 56.1 Å². The zero-order valence-electron chi connectivity index (χ0n) is 20.3. The lowest BCUT2D eigenvalue weighted by Crippen LogP contribution is -2.51. The van der Waals surface area contributed by atoms with Crippen LogP contribution in [0, 0.1) is 23.2 Å². The van der Waals surface area contributed by atoms with E-state index in [1.807, 2.05) is 0 Å². The second-order valence-corrected chi connectivity index (χ2v) is 12.7.